The van der Waals surface area contributed by atoms with Gasteiger partial charge in [0, 0.05) is 11.3 Å². The summed E-state index contributed by atoms with van der Waals surface area (Å²) in [6.07, 6.45) is 0. The minimum absolute atomic E-state index is 0.00111. The summed E-state index contributed by atoms with van der Waals surface area (Å²) in [6, 6.07) is 13.1. The number of sulfone groups is 1. The van der Waals surface area contributed by atoms with Crippen LogP contribution in [0.25, 0.3) is 0 Å². The number of hydrogen-bond acceptors (Lipinski definition) is 6. The topological polar surface area (TPSA) is 125 Å². The van der Waals surface area contributed by atoms with Gasteiger partial charge in [-0.3, -0.25) is 14.8 Å². The number of hydroxylamine groups is 1. The summed E-state index contributed by atoms with van der Waals surface area (Å²) in [5.41, 5.74) is 2.35. The first-order valence-electron chi connectivity index (χ1n) is 7.68. The van der Waals surface area contributed by atoms with Gasteiger partial charge in [0.25, 0.3) is 11.8 Å². The van der Waals surface area contributed by atoms with E-state index in [4.69, 9.17) is 5.21 Å². The molecular formula is C17H19N3O5S. The molecule has 0 aliphatic rings. The highest BCUT2D eigenvalue weighted by Gasteiger charge is 2.25. The molecule has 0 heterocycles. The first-order valence-corrected chi connectivity index (χ1v) is 9.33. The Labute approximate surface area is 151 Å². The standard InChI is InChI=1S/C17H19N3O5S/c1-18-15(17(22)20-23)11-26(24,25)14-9-7-13(8-10-14)19-16(21)12-5-3-2-4-6-12/h2-10,15,18,23H,11H2,1H3,(H,19,21)(H,20,22). The highest BCUT2D eigenvalue weighted by molar-refractivity contribution is 7.91. The van der Waals surface area contributed by atoms with E-state index in [2.05, 4.69) is 10.6 Å². The maximum Gasteiger partial charge on any atom is 0.261 e. The third kappa shape index (κ3) is 4.88. The fourth-order valence-electron chi connectivity index (χ4n) is 2.22. The summed E-state index contributed by atoms with van der Waals surface area (Å²) in [7, 11) is -2.36. The fraction of sp³-hybridized carbons (Fsp3) is 0.176. The lowest BCUT2D eigenvalue weighted by atomic mass is 10.2. The Morgan fingerprint density at radius 1 is 1.04 bits per heavy atom. The largest absolute Gasteiger partial charge is 0.322 e. The molecule has 0 aliphatic heterocycles. The van der Waals surface area contributed by atoms with Crippen molar-refractivity contribution in [1.82, 2.24) is 10.8 Å². The van der Waals surface area contributed by atoms with Gasteiger partial charge in [-0.1, -0.05) is 18.2 Å². The van der Waals surface area contributed by atoms with Crippen molar-refractivity contribution in [3.8, 4) is 0 Å². The predicted molar refractivity (Wildman–Crippen MR) is 95.7 cm³/mol. The normalized spacial score (nSPS) is 12.2. The van der Waals surface area contributed by atoms with Crippen molar-refractivity contribution in [3.63, 3.8) is 0 Å². The summed E-state index contributed by atoms with van der Waals surface area (Å²) in [5, 5.41) is 13.8. The molecule has 0 saturated heterocycles. The number of hydrogen-bond donors (Lipinski definition) is 4. The van der Waals surface area contributed by atoms with Crippen molar-refractivity contribution in [2.24, 2.45) is 0 Å². The van der Waals surface area contributed by atoms with Crippen molar-refractivity contribution >= 4 is 27.3 Å². The quantitative estimate of drug-likeness (QED) is 0.418. The lowest BCUT2D eigenvalue weighted by Crippen LogP contribution is -2.45. The number of carbonyl (C=O) groups is 2. The van der Waals surface area contributed by atoms with Crippen LogP contribution in [-0.2, 0) is 14.6 Å². The highest BCUT2D eigenvalue weighted by atomic mass is 32.2. The summed E-state index contributed by atoms with van der Waals surface area (Å²) in [6.45, 7) is 0. The van der Waals surface area contributed by atoms with Crippen LogP contribution in [0.2, 0.25) is 0 Å². The average molecular weight is 377 g/mol. The second-order valence-electron chi connectivity index (χ2n) is 5.44. The highest BCUT2D eigenvalue weighted by Crippen LogP contribution is 2.17. The van der Waals surface area contributed by atoms with Gasteiger partial charge < -0.3 is 10.6 Å². The second kappa shape index (κ2) is 8.56. The molecule has 0 aliphatic carbocycles. The molecule has 9 heteroatoms. The van der Waals surface area contributed by atoms with Gasteiger partial charge in [0.05, 0.1) is 10.6 Å². The summed E-state index contributed by atoms with van der Waals surface area (Å²) >= 11 is 0. The molecule has 1 unspecified atom stereocenters. The van der Waals surface area contributed by atoms with Crippen LogP contribution in [0.15, 0.2) is 59.5 Å². The van der Waals surface area contributed by atoms with Crippen LogP contribution in [0.5, 0.6) is 0 Å². The molecule has 8 nitrogen and oxygen atoms in total. The molecule has 0 bridgehead atoms. The van der Waals surface area contributed by atoms with Crippen molar-refractivity contribution in [2.75, 3.05) is 18.1 Å². The molecule has 0 radical (unpaired) electrons. The summed E-state index contributed by atoms with van der Waals surface area (Å²) in [5.74, 6) is -1.68. The zero-order chi connectivity index (χ0) is 19.2. The van der Waals surface area contributed by atoms with E-state index >= 15 is 0 Å². The van der Waals surface area contributed by atoms with Crippen LogP contribution in [-0.4, -0.2) is 44.3 Å². The Kier molecular flexibility index (Phi) is 6.45. The maximum atomic E-state index is 12.4. The van der Waals surface area contributed by atoms with E-state index in [0.717, 1.165) is 0 Å². The average Bonchev–Trinajstić information content (AvgIpc) is 2.66. The van der Waals surface area contributed by atoms with E-state index in [0.29, 0.717) is 11.3 Å². The molecule has 2 aromatic rings. The predicted octanol–water partition coefficient (Wildman–Crippen LogP) is 0.806. The Hall–Kier alpha value is -2.75. The minimum Gasteiger partial charge on any atom is -0.322 e. The van der Waals surface area contributed by atoms with Crippen molar-refractivity contribution in [2.45, 2.75) is 10.9 Å². The molecule has 4 N–H and O–H groups in total. The van der Waals surface area contributed by atoms with E-state index in [1.165, 1.54) is 36.8 Å². The van der Waals surface area contributed by atoms with Gasteiger partial charge in [-0.15, -0.1) is 0 Å². The molecule has 1 atom stereocenters. The zero-order valence-corrected chi connectivity index (χ0v) is 14.8. The van der Waals surface area contributed by atoms with Crippen molar-refractivity contribution < 1.29 is 23.2 Å². The molecule has 0 spiro atoms. The van der Waals surface area contributed by atoms with Crippen LogP contribution < -0.4 is 16.1 Å². The monoisotopic (exact) mass is 377 g/mol. The summed E-state index contributed by atoms with van der Waals surface area (Å²) < 4.78 is 24.8. The van der Waals surface area contributed by atoms with Crippen LogP contribution in [0.1, 0.15) is 10.4 Å². The van der Waals surface area contributed by atoms with Gasteiger partial charge in [-0.2, -0.15) is 0 Å². The van der Waals surface area contributed by atoms with Crippen LogP contribution in [0.3, 0.4) is 0 Å². The molecule has 0 saturated carbocycles. The molecular weight excluding hydrogens is 358 g/mol. The molecule has 26 heavy (non-hydrogen) atoms. The first kappa shape index (κ1) is 19.6. The van der Waals surface area contributed by atoms with Crippen LogP contribution >= 0.6 is 0 Å². The third-order valence-corrected chi connectivity index (χ3v) is 5.43. The smallest absolute Gasteiger partial charge is 0.261 e. The van der Waals surface area contributed by atoms with Crippen LogP contribution in [0, 0.1) is 0 Å². The molecule has 2 amide bonds. The van der Waals surface area contributed by atoms with Gasteiger partial charge in [-0.05, 0) is 43.4 Å². The number of carbonyl (C=O) groups excluding carboxylic acids is 2. The van der Waals surface area contributed by atoms with Crippen molar-refractivity contribution in [1.29, 1.82) is 0 Å². The van der Waals surface area contributed by atoms with E-state index < -0.39 is 27.5 Å². The lowest BCUT2D eigenvalue weighted by molar-refractivity contribution is -0.130. The number of likely N-dealkylation sites (N-methyl/N-ethyl adjacent to an activating group) is 1. The third-order valence-electron chi connectivity index (χ3n) is 3.67. The Bertz CT molecular complexity index is 867. The molecule has 138 valence electrons. The number of anilines is 1. The van der Waals surface area contributed by atoms with E-state index in [9.17, 15) is 18.0 Å². The number of amides is 2. The van der Waals surface area contributed by atoms with E-state index in [-0.39, 0.29) is 10.8 Å². The van der Waals surface area contributed by atoms with Gasteiger partial charge >= 0.3 is 0 Å². The number of nitrogens with one attached hydrogen (secondary N) is 3. The van der Waals surface area contributed by atoms with Crippen LogP contribution in [0.4, 0.5) is 5.69 Å². The van der Waals surface area contributed by atoms with Crippen molar-refractivity contribution in [3.05, 3.63) is 60.2 Å². The van der Waals surface area contributed by atoms with Gasteiger partial charge in [-0.25, -0.2) is 13.9 Å². The number of rotatable bonds is 7. The SMILES string of the molecule is CNC(CS(=O)(=O)c1ccc(NC(=O)c2ccccc2)cc1)C(=O)NO. The Morgan fingerprint density at radius 3 is 2.19 bits per heavy atom. The fourth-order valence-corrected chi connectivity index (χ4v) is 3.72. The molecule has 2 aromatic carbocycles. The second-order valence-corrected chi connectivity index (χ2v) is 7.48. The summed E-state index contributed by atoms with van der Waals surface area (Å²) in [4.78, 5) is 23.5. The maximum absolute atomic E-state index is 12.4. The number of benzene rings is 2. The molecule has 2 rings (SSSR count). The lowest BCUT2D eigenvalue weighted by Gasteiger charge is -2.14. The Balaban J connectivity index is 2.10. The Morgan fingerprint density at radius 2 is 1.65 bits per heavy atom. The molecule has 0 fully saturated rings. The van der Waals surface area contributed by atoms with E-state index in [1.54, 1.807) is 30.3 Å². The van der Waals surface area contributed by atoms with E-state index in [1.807, 2.05) is 0 Å². The zero-order valence-electron chi connectivity index (χ0n) is 14.0. The van der Waals surface area contributed by atoms with Gasteiger partial charge in [0.1, 0.15) is 6.04 Å². The van der Waals surface area contributed by atoms with Gasteiger partial charge in [0.2, 0.25) is 0 Å². The van der Waals surface area contributed by atoms with Gasteiger partial charge in [0.15, 0.2) is 9.84 Å². The first-order chi connectivity index (χ1) is 12.4. The molecule has 0 aromatic heterocycles. The minimum atomic E-state index is -3.77.